The molecule has 14 heteroatoms. The summed E-state index contributed by atoms with van der Waals surface area (Å²) in [7, 11) is 0. The molecule has 0 unspecified atom stereocenters. The summed E-state index contributed by atoms with van der Waals surface area (Å²) in [4.78, 5) is 40.3. The number of piperazine rings is 2. The Bertz CT molecular complexity index is 1330. The second-order valence-electron chi connectivity index (χ2n) is 12.7. The van der Waals surface area contributed by atoms with Gasteiger partial charge in [0.25, 0.3) is 0 Å². The topological polar surface area (TPSA) is 109 Å². The monoisotopic (exact) mass is 684 g/mol. The standard InChI is InChI=1S/C33H56N12S2/c1-5-9-14-43(13-8-4)31-36-26-27(28(38-31)40-17-21-42(22-18-40)30(34)46)37-32(44(15-10-6-2)16-11-7-3)39-29(26)41-19-23-45(24-20-41)33-35-12-25-47-33/h5-25H2,1-4H3,(H2,34,46). The Morgan fingerprint density at radius 1 is 0.660 bits per heavy atom. The van der Waals surface area contributed by atoms with Gasteiger partial charge in [-0.05, 0) is 37.9 Å². The van der Waals surface area contributed by atoms with Gasteiger partial charge in [0.15, 0.2) is 21.9 Å². The lowest BCUT2D eigenvalue weighted by atomic mass is 10.2. The number of aromatic nitrogens is 4. The van der Waals surface area contributed by atoms with Gasteiger partial charge in [0.1, 0.15) is 11.0 Å². The number of thioether (sulfide) groups is 1. The van der Waals surface area contributed by atoms with Crippen LogP contribution in [0.25, 0.3) is 11.0 Å². The van der Waals surface area contributed by atoms with Crippen LogP contribution in [0.4, 0.5) is 23.5 Å². The number of nitrogens with two attached hydrogens (primary N) is 1. The van der Waals surface area contributed by atoms with Gasteiger partial charge < -0.3 is 35.1 Å². The molecule has 3 aliphatic rings. The molecule has 0 radical (unpaired) electrons. The minimum Gasteiger partial charge on any atom is -0.376 e. The van der Waals surface area contributed by atoms with Crippen molar-refractivity contribution in [1.29, 1.82) is 0 Å². The van der Waals surface area contributed by atoms with Crippen LogP contribution in [0.1, 0.15) is 72.6 Å². The molecule has 2 saturated heterocycles. The molecular formula is C33H56N12S2. The molecule has 2 N–H and O–H groups in total. The summed E-state index contributed by atoms with van der Waals surface area (Å²) in [6.07, 6.45) is 7.71. The molecule has 0 amide bonds. The first-order chi connectivity index (χ1) is 23.0. The Kier molecular flexibility index (Phi) is 13.2. The van der Waals surface area contributed by atoms with Crippen molar-refractivity contribution in [2.24, 2.45) is 10.7 Å². The predicted octanol–water partition coefficient (Wildman–Crippen LogP) is 4.43. The van der Waals surface area contributed by atoms with E-state index in [4.69, 9.17) is 42.9 Å². The largest absolute Gasteiger partial charge is 0.376 e. The van der Waals surface area contributed by atoms with Crippen molar-refractivity contribution in [3.63, 3.8) is 0 Å². The number of hydrogen-bond donors (Lipinski definition) is 1. The van der Waals surface area contributed by atoms with Crippen LogP contribution < -0.4 is 25.3 Å². The molecule has 5 heterocycles. The van der Waals surface area contributed by atoms with Gasteiger partial charge in [0.05, 0.1) is 6.54 Å². The van der Waals surface area contributed by atoms with Gasteiger partial charge in [-0.1, -0.05) is 58.7 Å². The van der Waals surface area contributed by atoms with Crippen molar-refractivity contribution in [2.75, 3.05) is 110 Å². The number of unbranched alkanes of at least 4 members (excludes halogenated alkanes) is 3. The molecule has 12 nitrogen and oxygen atoms in total. The summed E-state index contributed by atoms with van der Waals surface area (Å²) in [5.74, 6) is 4.49. The van der Waals surface area contributed by atoms with E-state index in [9.17, 15) is 0 Å². The van der Waals surface area contributed by atoms with Crippen LogP contribution in [-0.2, 0) is 0 Å². The number of aliphatic imine (C=N–C) groups is 1. The van der Waals surface area contributed by atoms with E-state index in [1.807, 2.05) is 11.8 Å². The van der Waals surface area contributed by atoms with Crippen molar-refractivity contribution in [3.8, 4) is 0 Å². The molecule has 0 bridgehead atoms. The third-order valence-electron chi connectivity index (χ3n) is 9.20. The zero-order chi connectivity index (χ0) is 33.2. The molecule has 5 rings (SSSR count). The van der Waals surface area contributed by atoms with Crippen LogP contribution >= 0.6 is 24.0 Å². The molecule has 0 aromatic carbocycles. The van der Waals surface area contributed by atoms with Crippen molar-refractivity contribution < 1.29 is 0 Å². The van der Waals surface area contributed by atoms with Gasteiger partial charge in [-0.2, -0.15) is 9.97 Å². The third-order valence-corrected chi connectivity index (χ3v) is 10.5. The van der Waals surface area contributed by atoms with Crippen molar-refractivity contribution in [2.45, 2.75) is 72.6 Å². The predicted molar refractivity (Wildman–Crippen MR) is 204 cm³/mol. The minimum atomic E-state index is 0.460. The lowest BCUT2D eigenvalue weighted by molar-refractivity contribution is 0.387. The highest BCUT2D eigenvalue weighted by Gasteiger charge is 2.30. The summed E-state index contributed by atoms with van der Waals surface area (Å²) in [6, 6.07) is 0. The maximum absolute atomic E-state index is 6.03. The van der Waals surface area contributed by atoms with Crippen LogP contribution in [0.3, 0.4) is 0 Å². The summed E-state index contributed by atoms with van der Waals surface area (Å²) in [6.45, 7) is 20.2. The van der Waals surface area contributed by atoms with Gasteiger partial charge in [-0.25, -0.2) is 9.97 Å². The van der Waals surface area contributed by atoms with E-state index in [1.54, 1.807) is 0 Å². The molecule has 2 fully saturated rings. The van der Waals surface area contributed by atoms with Gasteiger partial charge in [-0.15, -0.1) is 0 Å². The Morgan fingerprint density at radius 2 is 1.13 bits per heavy atom. The number of nitrogens with zero attached hydrogens (tertiary/aromatic N) is 11. The van der Waals surface area contributed by atoms with E-state index in [0.29, 0.717) is 5.11 Å². The molecule has 3 aliphatic heterocycles. The molecular weight excluding hydrogens is 629 g/mol. The molecule has 2 aromatic heterocycles. The first-order valence-electron chi connectivity index (χ1n) is 18.0. The molecule has 47 heavy (non-hydrogen) atoms. The highest BCUT2D eigenvalue weighted by atomic mass is 32.2. The van der Waals surface area contributed by atoms with E-state index in [1.165, 1.54) is 5.17 Å². The van der Waals surface area contributed by atoms with Crippen molar-refractivity contribution in [1.82, 2.24) is 29.7 Å². The molecule has 0 saturated carbocycles. The SMILES string of the molecule is CCCCN(CCCC)c1nc(N2CCN(C3=NCCS3)CC2)c2nc(N(CCC)CCCC)nc(N3CCN(C(N)=S)CC3)c2n1. The molecule has 0 spiro atoms. The smallest absolute Gasteiger partial charge is 0.228 e. The third kappa shape index (κ3) is 8.79. The molecule has 0 aliphatic carbocycles. The first kappa shape index (κ1) is 35.4. The number of rotatable bonds is 15. The normalized spacial score (nSPS) is 17.1. The van der Waals surface area contributed by atoms with Crippen LogP contribution in [0.2, 0.25) is 0 Å². The van der Waals surface area contributed by atoms with Gasteiger partial charge >= 0.3 is 0 Å². The number of hydrogen-bond acceptors (Lipinski definition) is 12. The van der Waals surface area contributed by atoms with Crippen LogP contribution in [-0.4, -0.2) is 131 Å². The fourth-order valence-corrected chi connectivity index (χ4v) is 7.49. The van der Waals surface area contributed by atoms with E-state index in [2.05, 4.69) is 57.1 Å². The quantitative estimate of drug-likeness (QED) is 0.268. The van der Waals surface area contributed by atoms with Crippen molar-refractivity contribution in [3.05, 3.63) is 0 Å². The Hall–Kier alpha value is -2.87. The zero-order valence-corrected chi connectivity index (χ0v) is 30.8. The summed E-state index contributed by atoms with van der Waals surface area (Å²) in [5, 5.41) is 1.65. The lowest BCUT2D eigenvalue weighted by Crippen LogP contribution is -2.50. The van der Waals surface area contributed by atoms with Crippen LogP contribution in [0.15, 0.2) is 4.99 Å². The zero-order valence-electron chi connectivity index (χ0n) is 29.2. The lowest BCUT2D eigenvalue weighted by Gasteiger charge is -2.38. The van der Waals surface area contributed by atoms with E-state index >= 15 is 0 Å². The average molecular weight is 685 g/mol. The van der Waals surface area contributed by atoms with E-state index < -0.39 is 0 Å². The van der Waals surface area contributed by atoms with Crippen LogP contribution in [0.5, 0.6) is 0 Å². The fraction of sp³-hybridized carbons (Fsp3) is 0.758. The highest BCUT2D eigenvalue weighted by Crippen LogP contribution is 2.34. The van der Waals surface area contributed by atoms with E-state index in [0.717, 1.165) is 170 Å². The number of thiocarbonyl (C=S) groups is 1. The molecule has 2 aromatic rings. The first-order valence-corrected chi connectivity index (χ1v) is 19.4. The minimum absolute atomic E-state index is 0.460. The number of fused-ring (bicyclic) bond motifs is 1. The van der Waals surface area contributed by atoms with Gasteiger partial charge in [0.2, 0.25) is 11.9 Å². The molecule has 260 valence electrons. The van der Waals surface area contributed by atoms with E-state index in [-0.39, 0.29) is 0 Å². The van der Waals surface area contributed by atoms with Gasteiger partial charge in [-0.3, -0.25) is 4.99 Å². The van der Waals surface area contributed by atoms with Crippen molar-refractivity contribution >= 4 is 68.8 Å². The Balaban J connectivity index is 1.63. The number of anilines is 4. The fourth-order valence-electron chi connectivity index (χ4n) is 6.39. The Morgan fingerprint density at radius 3 is 1.55 bits per heavy atom. The van der Waals surface area contributed by atoms with Crippen LogP contribution in [0, 0.1) is 0 Å². The summed E-state index contributed by atoms with van der Waals surface area (Å²) < 4.78 is 0. The summed E-state index contributed by atoms with van der Waals surface area (Å²) >= 11 is 7.21. The number of amidine groups is 1. The average Bonchev–Trinajstić information content (AvgIpc) is 3.65. The maximum atomic E-state index is 6.03. The second kappa shape index (κ2) is 17.5. The molecule has 0 atom stereocenters. The maximum Gasteiger partial charge on any atom is 0.228 e. The highest BCUT2D eigenvalue weighted by molar-refractivity contribution is 8.14. The second-order valence-corrected chi connectivity index (χ2v) is 14.2. The summed E-state index contributed by atoms with van der Waals surface area (Å²) in [5.41, 5.74) is 7.74. The van der Waals surface area contributed by atoms with Gasteiger partial charge in [0, 0.05) is 84.3 Å². The Labute approximate surface area is 291 Å².